The van der Waals surface area contributed by atoms with Gasteiger partial charge in [-0.2, -0.15) is 0 Å². The SMILES string of the molecule is CC(C)(C)c1cc(C(=O)NCCS(N)(=O)=O)cc(Cl)n1. The van der Waals surface area contributed by atoms with Crippen molar-refractivity contribution in [2.24, 2.45) is 5.14 Å². The van der Waals surface area contributed by atoms with Gasteiger partial charge in [0.1, 0.15) is 5.15 Å². The Hall–Kier alpha value is -1.18. The zero-order chi connectivity index (χ0) is 15.6. The highest BCUT2D eigenvalue weighted by Gasteiger charge is 2.19. The highest BCUT2D eigenvalue weighted by molar-refractivity contribution is 7.89. The number of primary sulfonamides is 1. The van der Waals surface area contributed by atoms with E-state index in [0.717, 1.165) is 0 Å². The summed E-state index contributed by atoms with van der Waals surface area (Å²) in [6.07, 6.45) is 0. The molecule has 0 aliphatic rings. The number of sulfonamides is 1. The molecule has 8 heteroatoms. The zero-order valence-electron chi connectivity index (χ0n) is 11.6. The number of pyridine rings is 1. The van der Waals surface area contributed by atoms with E-state index >= 15 is 0 Å². The Morgan fingerprint density at radius 2 is 2.00 bits per heavy atom. The summed E-state index contributed by atoms with van der Waals surface area (Å²) in [7, 11) is -3.59. The lowest BCUT2D eigenvalue weighted by molar-refractivity contribution is 0.0956. The Kier molecular flexibility index (Phi) is 5.12. The standard InChI is InChI=1S/C12H18ClN3O3S/c1-12(2,3)9-6-8(7-10(13)16-9)11(17)15-4-5-20(14,18)19/h6-7H,4-5H2,1-3H3,(H,15,17)(H2,14,18,19). The topological polar surface area (TPSA) is 102 Å². The first-order valence-electron chi connectivity index (χ1n) is 5.96. The molecule has 112 valence electrons. The Morgan fingerprint density at radius 3 is 2.50 bits per heavy atom. The Labute approximate surface area is 123 Å². The monoisotopic (exact) mass is 319 g/mol. The predicted molar refractivity (Wildman–Crippen MR) is 78.3 cm³/mol. The lowest BCUT2D eigenvalue weighted by Gasteiger charge is -2.18. The van der Waals surface area contributed by atoms with Gasteiger partial charge in [-0.3, -0.25) is 4.79 Å². The molecule has 1 rings (SSSR count). The lowest BCUT2D eigenvalue weighted by atomic mass is 9.91. The molecule has 0 saturated heterocycles. The van der Waals surface area contributed by atoms with Crippen LogP contribution in [0.1, 0.15) is 36.8 Å². The molecule has 0 aliphatic heterocycles. The third kappa shape index (κ3) is 5.44. The van der Waals surface area contributed by atoms with E-state index in [1.807, 2.05) is 20.8 Å². The van der Waals surface area contributed by atoms with Crippen LogP contribution in [0.4, 0.5) is 0 Å². The maximum Gasteiger partial charge on any atom is 0.251 e. The fourth-order valence-electron chi connectivity index (χ4n) is 1.42. The number of aromatic nitrogens is 1. The quantitative estimate of drug-likeness (QED) is 0.810. The smallest absolute Gasteiger partial charge is 0.251 e. The number of hydrogen-bond acceptors (Lipinski definition) is 4. The third-order valence-corrected chi connectivity index (χ3v) is 3.46. The average molecular weight is 320 g/mol. The van der Waals surface area contributed by atoms with Gasteiger partial charge >= 0.3 is 0 Å². The molecule has 0 spiro atoms. The maximum absolute atomic E-state index is 11.9. The Bertz CT molecular complexity index is 609. The van der Waals surface area contributed by atoms with Crippen LogP contribution in [0.3, 0.4) is 0 Å². The van der Waals surface area contributed by atoms with Gasteiger partial charge in [0.15, 0.2) is 0 Å². The largest absolute Gasteiger partial charge is 0.351 e. The van der Waals surface area contributed by atoms with Crippen molar-refractivity contribution in [3.05, 3.63) is 28.5 Å². The second-order valence-corrected chi connectivity index (χ2v) is 7.56. The van der Waals surface area contributed by atoms with Crippen molar-refractivity contribution in [1.29, 1.82) is 0 Å². The molecule has 0 aliphatic carbocycles. The van der Waals surface area contributed by atoms with Crippen LogP contribution in [0.5, 0.6) is 0 Å². The second-order valence-electron chi connectivity index (χ2n) is 5.44. The van der Waals surface area contributed by atoms with Crippen molar-refractivity contribution in [2.45, 2.75) is 26.2 Å². The van der Waals surface area contributed by atoms with E-state index in [1.54, 1.807) is 6.07 Å². The van der Waals surface area contributed by atoms with Crippen molar-refractivity contribution in [3.63, 3.8) is 0 Å². The number of carbonyl (C=O) groups is 1. The number of nitrogens with two attached hydrogens (primary N) is 1. The molecule has 1 aromatic heterocycles. The molecule has 20 heavy (non-hydrogen) atoms. The number of amides is 1. The molecule has 3 N–H and O–H groups in total. The number of nitrogens with one attached hydrogen (secondary N) is 1. The maximum atomic E-state index is 11.9. The molecule has 0 radical (unpaired) electrons. The van der Waals surface area contributed by atoms with Crippen molar-refractivity contribution >= 4 is 27.5 Å². The van der Waals surface area contributed by atoms with Crippen molar-refractivity contribution in [2.75, 3.05) is 12.3 Å². The van der Waals surface area contributed by atoms with Gasteiger partial charge in [-0.15, -0.1) is 0 Å². The summed E-state index contributed by atoms with van der Waals surface area (Å²) in [4.78, 5) is 16.1. The summed E-state index contributed by atoms with van der Waals surface area (Å²) in [6, 6.07) is 3.07. The van der Waals surface area contributed by atoms with E-state index < -0.39 is 15.9 Å². The molecule has 0 aromatic carbocycles. The molecule has 6 nitrogen and oxygen atoms in total. The summed E-state index contributed by atoms with van der Waals surface area (Å²) < 4.78 is 21.6. The van der Waals surface area contributed by atoms with Crippen LogP contribution in [0.2, 0.25) is 5.15 Å². The minimum atomic E-state index is -3.59. The molecule has 0 fully saturated rings. The Balaban J connectivity index is 2.86. The molecule has 1 amide bonds. The second kappa shape index (κ2) is 6.07. The summed E-state index contributed by atoms with van der Waals surface area (Å²) >= 11 is 5.90. The molecule has 0 atom stereocenters. The van der Waals surface area contributed by atoms with E-state index in [4.69, 9.17) is 16.7 Å². The molecule has 1 aromatic rings. The summed E-state index contributed by atoms with van der Waals surface area (Å²) in [5.74, 6) is -0.729. The number of hydrogen-bond donors (Lipinski definition) is 2. The molecule has 0 unspecified atom stereocenters. The summed E-state index contributed by atoms with van der Waals surface area (Å²) in [5.41, 5.74) is 0.770. The Morgan fingerprint density at radius 1 is 1.40 bits per heavy atom. The molecule has 0 saturated carbocycles. The fraction of sp³-hybridized carbons (Fsp3) is 0.500. The molecular formula is C12H18ClN3O3S. The van der Waals surface area contributed by atoms with E-state index in [1.165, 1.54) is 6.07 Å². The van der Waals surface area contributed by atoms with Crippen LogP contribution in [0.15, 0.2) is 12.1 Å². The summed E-state index contributed by atoms with van der Waals surface area (Å²) in [6.45, 7) is 5.81. The van der Waals surface area contributed by atoms with E-state index in [0.29, 0.717) is 11.3 Å². The summed E-state index contributed by atoms with van der Waals surface area (Å²) in [5, 5.41) is 7.55. The van der Waals surface area contributed by atoms with Crippen LogP contribution in [0, 0.1) is 0 Å². The highest BCUT2D eigenvalue weighted by Crippen LogP contribution is 2.23. The normalized spacial score (nSPS) is 12.2. The van der Waals surface area contributed by atoms with E-state index in [9.17, 15) is 13.2 Å². The van der Waals surface area contributed by atoms with E-state index in [2.05, 4.69) is 10.3 Å². The van der Waals surface area contributed by atoms with Gasteiger partial charge in [-0.1, -0.05) is 32.4 Å². The van der Waals surface area contributed by atoms with Gasteiger partial charge in [0, 0.05) is 23.2 Å². The van der Waals surface area contributed by atoms with Crippen LogP contribution < -0.4 is 10.5 Å². The van der Waals surface area contributed by atoms with Gasteiger partial charge < -0.3 is 5.32 Å². The van der Waals surface area contributed by atoms with Gasteiger partial charge in [-0.05, 0) is 12.1 Å². The first kappa shape index (κ1) is 16.9. The number of halogens is 1. The molecule has 1 heterocycles. The minimum Gasteiger partial charge on any atom is -0.351 e. The first-order chi connectivity index (χ1) is 8.99. The third-order valence-electron chi connectivity index (χ3n) is 2.50. The average Bonchev–Trinajstić information content (AvgIpc) is 2.25. The van der Waals surface area contributed by atoms with Crippen LogP contribution in [0.25, 0.3) is 0 Å². The van der Waals surface area contributed by atoms with Crippen molar-refractivity contribution < 1.29 is 13.2 Å². The number of nitrogens with zero attached hydrogens (tertiary/aromatic N) is 1. The van der Waals surface area contributed by atoms with Gasteiger partial charge in [0.05, 0.1) is 5.75 Å². The van der Waals surface area contributed by atoms with Gasteiger partial charge in [0.2, 0.25) is 10.0 Å². The predicted octanol–water partition coefficient (Wildman–Crippen LogP) is 1.05. The van der Waals surface area contributed by atoms with Gasteiger partial charge in [-0.25, -0.2) is 18.5 Å². The fourth-order valence-corrected chi connectivity index (χ4v) is 2.02. The van der Waals surface area contributed by atoms with Crippen molar-refractivity contribution in [1.82, 2.24) is 10.3 Å². The molecule has 0 bridgehead atoms. The van der Waals surface area contributed by atoms with Crippen LogP contribution >= 0.6 is 11.6 Å². The zero-order valence-corrected chi connectivity index (χ0v) is 13.2. The van der Waals surface area contributed by atoms with Gasteiger partial charge in [0.25, 0.3) is 5.91 Å². The van der Waals surface area contributed by atoms with Crippen LogP contribution in [-0.4, -0.2) is 31.6 Å². The minimum absolute atomic E-state index is 0.0531. The number of carbonyl (C=O) groups excluding carboxylic acids is 1. The first-order valence-corrected chi connectivity index (χ1v) is 8.05. The number of rotatable bonds is 4. The lowest BCUT2D eigenvalue weighted by Crippen LogP contribution is -2.31. The highest BCUT2D eigenvalue weighted by atomic mass is 35.5. The van der Waals surface area contributed by atoms with E-state index in [-0.39, 0.29) is 22.9 Å². The van der Waals surface area contributed by atoms with Crippen LogP contribution in [-0.2, 0) is 15.4 Å². The van der Waals surface area contributed by atoms with Crippen molar-refractivity contribution in [3.8, 4) is 0 Å². The molecular weight excluding hydrogens is 302 g/mol.